The first kappa shape index (κ1) is 14.9. The van der Waals surface area contributed by atoms with E-state index >= 15 is 0 Å². The summed E-state index contributed by atoms with van der Waals surface area (Å²) in [4.78, 5) is 11.8. The fourth-order valence-electron chi connectivity index (χ4n) is 2.71. The average Bonchev–Trinajstić information content (AvgIpc) is 2.72. The van der Waals surface area contributed by atoms with Crippen LogP contribution in [-0.2, 0) is 0 Å². The van der Waals surface area contributed by atoms with Crippen molar-refractivity contribution in [2.24, 2.45) is 11.1 Å². The topological polar surface area (TPSA) is 72.5 Å². The number of phenolic OH excluding ortho intramolecular Hbond substituents is 1. The van der Waals surface area contributed by atoms with E-state index in [-0.39, 0.29) is 23.1 Å². The quantitative estimate of drug-likeness (QED) is 0.812. The SMILES string of the molecule is CC1(C)CCC(Oc2cc(C(=O)CCN)ccc2O)C1. The van der Waals surface area contributed by atoms with Crippen LogP contribution in [-0.4, -0.2) is 23.5 Å². The van der Waals surface area contributed by atoms with Gasteiger partial charge in [-0.1, -0.05) is 13.8 Å². The summed E-state index contributed by atoms with van der Waals surface area (Å²) in [5, 5.41) is 9.88. The molecule has 1 aromatic carbocycles. The molecule has 4 heteroatoms. The van der Waals surface area contributed by atoms with E-state index in [1.807, 2.05) is 0 Å². The lowest BCUT2D eigenvalue weighted by Crippen LogP contribution is -2.15. The number of hydrogen-bond acceptors (Lipinski definition) is 4. The molecule has 1 aromatic rings. The van der Waals surface area contributed by atoms with Crippen molar-refractivity contribution in [2.75, 3.05) is 6.54 Å². The van der Waals surface area contributed by atoms with E-state index in [1.54, 1.807) is 12.1 Å². The minimum atomic E-state index is -0.0240. The fourth-order valence-corrected chi connectivity index (χ4v) is 2.71. The Labute approximate surface area is 119 Å². The first-order valence-corrected chi connectivity index (χ1v) is 7.14. The van der Waals surface area contributed by atoms with Gasteiger partial charge in [-0.05, 0) is 49.4 Å². The lowest BCUT2D eigenvalue weighted by molar-refractivity contribution is 0.0984. The van der Waals surface area contributed by atoms with Crippen LogP contribution >= 0.6 is 0 Å². The lowest BCUT2D eigenvalue weighted by Gasteiger charge is -2.18. The maximum Gasteiger partial charge on any atom is 0.164 e. The summed E-state index contributed by atoms with van der Waals surface area (Å²) in [6.07, 6.45) is 3.47. The van der Waals surface area contributed by atoms with E-state index in [0.717, 1.165) is 19.3 Å². The minimum absolute atomic E-state index is 0.0240. The summed E-state index contributed by atoms with van der Waals surface area (Å²) in [6, 6.07) is 4.75. The number of ketones is 1. The first-order valence-electron chi connectivity index (χ1n) is 7.14. The van der Waals surface area contributed by atoms with E-state index in [2.05, 4.69) is 13.8 Å². The van der Waals surface area contributed by atoms with Crippen molar-refractivity contribution >= 4 is 5.78 Å². The molecule has 1 aliphatic carbocycles. The monoisotopic (exact) mass is 277 g/mol. The minimum Gasteiger partial charge on any atom is -0.504 e. The Hall–Kier alpha value is -1.55. The van der Waals surface area contributed by atoms with Crippen LogP contribution in [0.1, 0.15) is 49.9 Å². The average molecular weight is 277 g/mol. The summed E-state index contributed by atoms with van der Waals surface area (Å²) >= 11 is 0. The molecule has 0 radical (unpaired) electrons. The van der Waals surface area contributed by atoms with Gasteiger partial charge in [0.2, 0.25) is 0 Å². The molecule has 1 aliphatic rings. The molecular formula is C16H23NO3. The zero-order valence-electron chi connectivity index (χ0n) is 12.2. The van der Waals surface area contributed by atoms with Crippen LogP contribution in [0.3, 0.4) is 0 Å². The van der Waals surface area contributed by atoms with Crippen molar-refractivity contribution in [3.63, 3.8) is 0 Å². The van der Waals surface area contributed by atoms with Gasteiger partial charge in [0.25, 0.3) is 0 Å². The molecule has 1 unspecified atom stereocenters. The highest BCUT2D eigenvalue weighted by atomic mass is 16.5. The van der Waals surface area contributed by atoms with Gasteiger partial charge in [-0.25, -0.2) is 0 Å². The number of carbonyl (C=O) groups is 1. The number of nitrogens with two attached hydrogens (primary N) is 1. The molecule has 3 N–H and O–H groups in total. The molecule has 1 saturated carbocycles. The predicted molar refractivity (Wildman–Crippen MR) is 78.2 cm³/mol. The second-order valence-corrected chi connectivity index (χ2v) is 6.29. The molecule has 0 saturated heterocycles. The van der Waals surface area contributed by atoms with Crippen LogP contribution in [0, 0.1) is 5.41 Å². The van der Waals surface area contributed by atoms with Crippen molar-refractivity contribution in [3.05, 3.63) is 23.8 Å². The second-order valence-electron chi connectivity index (χ2n) is 6.29. The Morgan fingerprint density at radius 3 is 2.85 bits per heavy atom. The van der Waals surface area contributed by atoms with Gasteiger partial charge in [0, 0.05) is 12.0 Å². The maximum absolute atomic E-state index is 11.8. The highest BCUT2D eigenvalue weighted by molar-refractivity contribution is 5.96. The Balaban J connectivity index is 2.11. The molecule has 1 atom stereocenters. The van der Waals surface area contributed by atoms with Crippen molar-refractivity contribution < 1.29 is 14.6 Å². The number of benzene rings is 1. The molecule has 0 heterocycles. The highest BCUT2D eigenvalue weighted by Gasteiger charge is 2.32. The molecule has 2 rings (SSSR count). The molecular weight excluding hydrogens is 254 g/mol. The highest BCUT2D eigenvalue weighted by Crippen LogP contribution is 2.40. The van der Waals surface area contributed by atoms with Gasteiger partial charge in [-0.2, -0.15) is 0 Å². The van der Waals surface area contributed by atoms with Gasteiger partial charge >= 0.3 is 0 Å². The van der Waals surface area contributed by atoms with Gasteiger partial charge in [0.1, 0.15) is 0 Å². The second kappa shape index (κ2) is 5.83. The first-order chi connectivity index (χ1) is 9.41. The smallest absolute Gasteiger partial charge is 0.164 e. The zero-order valence-corrected chi connectivity index (χ0v) is 12.2. The van der Waals surface area contributed by atoms with Gasteiger partial charge in [0.05, 0.1) is 6.10 Å². The third-order valence-corrected chi connectivity index (χ3v) is 3.87. The standard InChI is InChI=1S/C16H23NO3/c1-16(2)7-5-12(10-16)20-15-9-11(3-4-14(15)19)13(18)6-8-17/h3-4,9,12,19H,5-8,10,17H2,1-2H3. The normalized spacial score (nSPS) is 20.9. The summed E-state index contributed by atoms with van der Waals surface area (Å²) in [7, 11) is 0. The van der Waals surface area contributed by atoms with Crippen LogP contribution in [0.4, 0.5) is 0 Å². The third-order valence-electron chi connectivity index (χ3n) is 3.87. The number of ether oxygens (including phenoxy) is 1. The molecule has 0 bridgehead atoms. The van der Waals surface area contributed by atoms with E-state index < -0.39 is 0 Å². The van der Waals surface area contributed by atoms with Gasteiger partial charge in [0.15, 0.2) is 17.3 Å². The number of phenols is 1. The maximum atomic E-state index is 11.8. The zero-order chi connectivity index (χ0) is 14.8. The number of aromatic hydroxyl groups is 1. The number of rotatable bonds is 5. The Kier molecular flexibility index (Phi) is 4.33. The third kappa shape index (κ3) is 3.51. The molecule has 0 spiro atoms. The van der Waals surface area contributed by atoms with Crippen LogP contribution in [0.2, 0.25) is 0 Å². The molecule has 4 nitrogen and oxygen atoms in total. The molecule has 0 aromatic heterocycles. The number of hydrogen-bond donors (Lipinski definition) is 2. The van der Waals surface area contributed by atoms with Gasteiger partial charge < -0.3 is 15.6 Å². The summed E-state index contributed by atoms with van der Waals surface area (Å²) in [5.41, 5.74) is 6.22. The van der Waals surface area contributed by atoms with E-state index in [4.69, 9.17) is 10.5 Å². The molecule has 1 fully saturated rings. The van der Waals surface area contributed by atoms with E-state index in [0.29, 0.717) is 24.3 Å². The van der Waals surface area contributed by atoms with Crippen LogP contribution in [0.5, 0.6) is 11.5 Å². The predicted octanol–water partition coefficient (Wildman–Crippen LogP) is 2.88. The molecule has 110 valence electrons. The Morgan fingerprint density at radius 2 is 2.25 bits per heavy atom. The van der Waals surface area contributed by atoms with Crippen LogP contribution < -0.4 is 10.5 Å². The van der Waals surface area contributed by atoms with Crippen LogP contribution in [0.25, 0.3) is 0 Å². The van der Waals surface area contributed by atoms with Gasteiger partial charge in [-0.3, -0.25) is 4.79 Å². The van der Waals surface area contributed by atoms with E-state index in [9.17, 15) is 9.90 Å². The fraction of sp³-hybridized carbons (Fsp3) is 0.562. The summed E-state index contributed by atoms with van der Waals surface area (Å²) < 4.78 is 5.88. The van der Waals surface area contributed by atoms with Crippen molar-refractivity contribution in [2.45, 2.75) is 45.6 Å². The molecule has 0 amide bonds. The lowest BCUT2D eigenvalue weighted by atomic mass is 9.92. The van der Waals surface area contributed by atoms with E-state index in [1.165, 1.54) is 6.07 Å². The molecule has 0 aliphatic heterocycles. The van der Waals surface area contributed by atoms with Crippen molar-refractivity contribution in [3.8, 4) is 11.5 Å². The number of Topliss-reactive ketones (excluding diaryl/α,β-unsaturated/α-hetero) is 1. The summed E-state index contributed by atoms with van der Waals surface area (Å²) in [5.74, 6) is 0.457. The Bertz CT molecular complexity index is 496. The largest absolute Gasteiger partial charge is 0.504 e. The number of carbonyl (C=O) groups excluding carboxylic acids is 1. The van der Waals surface area contributed by atoms with Crippen molar-refractivity contribution in [1.29, 1.82) is 0 Å². The Morgan fingerprint density at radius 1 is 1.50 bits per heavy atom. The van der Waals surface area contributed by atoms with Crippen LogP contribution in [0.15, 0.2) is 18.2 Å². The summed E-state index contributed by atoms with van der Waals surface area (Å²) in [6.45, 7) is 4.77. The van der Waals surface area contributed by atoms with Crippen molar-refractivity contribution in [1.82, 2.24) is 0 Å². The van der Waals surface area contributed by atoms with Gasteiger partial charge in [-0.15, -0.1) is 0 Å². The molecule has 20 heavy (non-hydrogen) atoms.